The molecule has 1 aromatic carbocycles. The summed E-state index contributed by atoms with van der Waals surface area (Å²) in [7, 11) is 0. The summed E-state index contributed by atoms with van der Waals surface area (Å²) >= 11 is 1.49. The van der Waals surface area contributed by atoms with Crippen molar-refractivity contribution in [1.29, 1.82) is 0 Å². The van der Waals surface area contributed by atoms with E-state index in [2.05, 4.69) is 17.6 Å². The maximum absolute atomic E-state index is 12.3. The van der Waals surface area contributed by atoms with E-state index in [4.69, 9.17) is 5.73 Å². The number of para-hydroxylation sites is 1. The van der Waals surface area contributed by atoms with E-state index in [1.54, 1.807) is 0 Å². The van der Waals surface area contributed by atoms with Crippen LogP contribution in [-0.2, 0) is 12.8 Å². The molecule has 3 amide bonds. The average molecular weight is 357 g/mol. The first kappa shape index (κ1) is 17.5. The molecule has 1 aliphatic carbocycles. The third-order valence-electron chi connectivity index (χ3n) is 4.57. The monoisotopic (exact) mass is 357 g/mol. The van der Waals surface area contributed by atoms with Gasteiger partial charge in [-0.05, 0) is 42.9 Å². The lowest BCUT2D eigenvalue weighted by Gasteiger charge is -2.21. The van der Waals surface area contributed by atoms with Crippen molar-refractivity contribution >= 4 is 34.0 Å². The Balaban J connectivity index is 1.79. The van der Waals surface area contributed by atoms with E-state index in [1.807, 2.05) is 30.3 Å². The van der Waals surface area contributed by atoms with E-state index < -0.39 is 5.91 Å². The first-order valence-corrected chi connectivity index (χ1v) is 9.47. The molecule has 6 heteroatoms. The maximum Gasteiger partial charge on any atom is 0.324 e. The highest BCUT2D eigenvalue weighted by atomic mass is 32.1. The summed E-state index contributed by atoms with van der Waals surface area (Å²) in [6.45, 7) is 2.19. The highest BCUT2D eigenvalue weighted by molar-refractivity contribution is 7.17. The molecule has 0 saturated carbocycles. The second-order valence-corrected chi connectivity index (χ2v) is 7.52. The van der Waals surface area contributed by atoms with E-state index in [9.17, 15) is 9.59 Å². The van der Waals surface area contributed by atoms with Gasteiger partial charge in [-0.1, -0.05) is 38.0 Å². The van der Waals surface area contributed by atoms with Crippen LogP contribution in [0.1, 0.15) is 47.0 Å². The minimum absolute atomic E-state index is 0.364. The Morgan fingerprint density at radius 1 is 1.24 bits per heavy atom. The molecule has 0 bridgehead atoms. The molecule has 4 N–H and O–H groups in total. The lowest BCUT2D eigenvalue weighted by molar-refractivity contribution is 0.1000. The highest BCUT2D eigenvalue weighted by Crippen LogP contribution is 2.40. The average Bonchev–Trinajstić information content (AvgIpc) is 2.93. The predicted molar refractivity (Wildman–Crippen MR) is 102 cm³/mol. The zero-order valence-electron chi connectivity index (χ0n) is 14.3. The number of amides is 3. The van der Waals surface area contributed by atoms with E-state index in [0.29, 0.717) is 22.2 Å². The Morgan fingerprint density at radius 3 is 2.68 bits per heavy atom. The summed E-state index contributed by atoms with van der Waals surface area (Å²) in [4.78, 5) is 25.4. The fraction of sp³-hybridized carbons (Fsp3) is 0.368. The molecule has 0 aliphatic heterocycles. The van der Waals surface area contributed by atoms with Crippen LogP contribution in [0, 0.1) is 5.92 Å². The molecule has 25 heavy (non-hydrogen) atoms. The number of hydrogen-bond donors (Lipinski definition) is 3. The van der Waals surface area contributed by atoms with Crippen LogP contribution in [-0.4, -0.2) is 11.9 Å². The molecule has 0 spiro atoms. The zero-order valence-corrected chi connectivity index (χ0v) is 15.1. The van der Waals surface area contributed by atoms with Gasteiger partial charge in [-0.25, -0.2) is 4.79 Å². The summed E-state index contributed by atoms with van der Waals surface area (Å²) in [6.07, 6.45) is 5.26. The van der Waals surface area contributed by atoms with E-state index in [-0.39, 0.29) is 6.03 Å². The van der Waals surface area contributed by atoms with Gasteiger partial charge < -0.3 is 11.1 Å². The van der Waals surface area contributed by atoms with Crippen LogP contribution >= 0.6 is 11.3 Å². The largest absolute Gasteiger partial charge is 0.365 e. The van der Waals surface area contributed by atoms with Crippen molar-refractivity contribution in [3.05, 3.63) is 46.3 Å². The number of fused-ring (bicyclic) bond motifs is 1. The number of urea groups is 1. The molecule has 1 atom stereocenters. The van der Waals surface area contributed by atoms with Crippen molar-refractivity contribution < 1.29 is 9.59 Å². The van der Waals surface area contributed by atoms with Crippen molar-refractivity contribution in [2.75, 3.05) is 10.6 Å². The van der Waals surface area contributed by atoms with Gasteiger partial charge >= 0.3 is 6.03 Å². The smallest absolute Gasteiger partial charge is 0.324 e. The fourth-order valence-electron chi connectivity index (χ4n) is 3.44. The molecule has 5 nitrogen and oxygen atoms in total. The number of anilines is 2. The van der Waals surface area contributed by atoms with Gasteiger partial charge in [0.25, 0.3) is 5.91 Å². The molecule has 2 aromatic rings. The Morgan fingerprint density at radius 2 is 2.00 bits per heavy atom. The Kier molecular flexibility index (Phi) is 5.38. The topological polar surface area (TPSA) is 84.2 Å². The quantitative estimate of drug-likeness (QED) is 0.741. The van der Waals surface area contributed by atoms with Gasteiger partial charge in [-0.2, -0.15) is 0 Å². The van der Waals surface area contributed by atoms with Crippen LogP contribution in [0.4, 0.5) is 15.5 Å². The fourth-order valence-corrected chi connectivity index (χ4v) is 4.81. The summed E-state index contributed by atoms with van der Waals surface area (Å²) in [5, 5.41) is 6.14. The number of hydrogen-bond acceptors (Lipinski definition) is 3. The van der Waals surface area contributed by atoms with Gasteiger partial charge in [0.05, 0.1) is 5.56 Å². The molecular formula is C19H23N3O2S. The van der Waals surface area contributed by atoms with Crippen LogP contribution in [0.25, 0.3) is 0 Å². The Bertz CT molecular complexity index is 770. The number of carbonyl (C=O) groups is 2. The normalized spacial score (nSPS) is 16.1. The second kappa shape index (κ2) is 7.70. The van der Waals surface area contributed by atoms with Crippen molar-refractivity contribution in [2.45, 2.75) is 39.0 Å². The second-order valence-electron chi connectivity index (χ2n) is 6.41. The van der Waals surface area contributed by atoms with Crippen LogP contribution in [0.5, 0.6) is 0 Å². The Labute approximate surface area is 151 Å². The molecule has 1 aromatic heterocycles. The molecule has 132 valence electrons. The van der Waals surface area contributed by atoms with Crippen molar-refractivity contribution in [1.82, 2.24) is 0 Å². The Hall–Kier alpha value is -2.34. The maximum atomic E-state index is 12.3. The van der Waals surface area contributed by atoms with E-state index >= 15 is 0 Å². The molecular weight excluding hydrogens is 334 g/mol. The van der Waals surface area contributed by atoms with Crippen LogP contribution in [0.3, 0.4) is 0 Å². The summed E-state index contributed by atoms with van der Waals surface area (Å²) in [5.74, 6) is 0.185. The predicted octanol–water partition coefficient (Wildman–Crippen LogP) is 4.40. The molecule has 0 unspecified atom stereocenters. The van der Waals surface area contributed by atoms with Gasteiger partial charge in [0.1, 0.15) is 5.00 Å². The first-order valence-electron chi connectivity index (χ1n) is 8.65. The van der Waals surface area contributed by atoms with E-state index in [1.165, 1.54) is 29.1 Å². The van der Waals surface area contributed by atoms with Crippen LogP contribution in [0.2, 0.25) is 0 Å². The summed E-state index contributed by atoms with van der Waals surface area (Å²) in [6, 6.07) is 8.84. The van der Waals surface area contributed by atoms with Crippen molar-refractivity contribution in [3.63, 3.8) is 0 Å². The van der Waals surface area contributed by atoms with Crippen molar-refractivity contribution in [3.8, 4) is 0 Å². The summed E-state index contributed by atoms with van der Waals surface area (Å²) < 4.78 is 0. The first-order chi connectivity index (χ1) is 12.1. The number of rotatable bonds is 5. The third-order valence-corrected chi connectivity index (χ3v) is 5.74. The number of primary amides is 1. The van der Waals surface area contributed by atoms with Gasteiger partial charge in [0, 0.05) is 10.6 Å². The molecule has 0 saturated heterocycles. The molecule has 0 fully saturated rings. The highest BCUT2D eigenvalue weighted by Gasteiger charge is 2.28. The minimum Gasteiger partial charge on any atom is -0.365 e. The number of nitrogens with two attached hydrogens (primary N) is 1. The standard InChI is InChI=1S/C19H23N3O2S/c1-2-6-12-9-10-14-15(11-12)25-18(16(14)17(20)23)22-19(24)21-13-7-4-3-5-8-13/h3-5,7-8,12H,2,6,9-11H2,1H3,(H2,20,23)(H2,21,22,24)/t12-/m0/s1. The lowest BCUT2D eigenvalue weighted by atomic mass is 9.84. The van der Waals surface area contributed by atoms with Gasteiger partial charge in [-0.3, -0.25) is 10.1 Å². The third kappa shape index (κ3) is 4.02. The molecule has 0 radical (unpaired) electrons. The number of thiophene rings is 1. The van der Waals surface area contributed by atoms with Gasteiger partial charge in [0.2, 0.25) is 0 Å². The zero-order chi connectivity index (χ0) is 17.8. The van der Waals surface area contributed by atoms with Crippen LogP contribution in [0.15, 0.2) is 30.3 Å². The molecule has 3 rings (SSSR count). The van der Waals surface area contributed by atoms with Crippen molar-refractivity contribution in [2.24, 2.45) is 11.7 Å². The van der Waals surface area contributed by atoms with Gasteiger partial charge in [0.15, 0.2) is 0 Å². The van der Waals surface area contributed by atoms with Crippen LogP contribution < -0.4 is 16.4 Å². The molecule has 1 aliphatic rings. The van der Waals surface area contributed by atoms with E-state index in [0.717, 1.165) is 24.8 Å². The summed E-state index contributed by atoms with van der Waals surface area (Å²) in [5.41, 5.74) is 7.81. The number of nitrogens with one attached hydrogen (secondary N) is 2. The lowest BCUT2D eigenvalue weighted by Crippen LogP contribution is -2.22. The number of carbonyl (C=O) groups excluding carboxylic acids is 2. The van der Waals surface area contributed by atoms with Gasteiger partial charge in [-0.15, -0.1) is 11.3 Å². The minimum atomic E-state index is -0.471. The SMILES string of the molecule is CCC[C@H]1CCc2c(sc(NC(=O)Nc3ccccc3)c2C(N)=O)C1. The molecule has 1 heterocycles. The number of benzene rings is 1.